The predicted octanol–water partition coefficient (Wildman–Crippen LogP) is 1.21. The molecule has 39 heavy (non-hydrogen) atoms. The summed E-state index contributed by atoms with van der Waals surface area (Å²) in [7, 11) is 3.50. The lowest BCUT2D eigenvalue weighted by Crippen LogP contribution is -2.60. The van der Waals surface area contributed by atoms with Gasteiger partial charge in [0, 0.05) is 31.3 Å². The fourth-order valence-electron chi connectivity index (χ4n) is 4.81. The fraction of sp³-hybridized carbons (Fsp3) is 0.444. The number of likely N-dealkylation sites (N-methyl/N-ethyl adjacent to an activating group) is 2. The first-order valence-corrected chi connectivity index (χ1v) is 12.9. The molecule has 2 aromatic heterocycles. The molecule has 4 N–H and O–H groups in total. The fourth-order valence-corrected chi connectivity index (χ4v) is 4.81. The molecule has 1 fully saturated rings. The first kappa shape index (κ1) is 28.1. The van der Waals surface area contributed by atoms with Crippen LogP contribution in [0.25, 0.3) is 22.6 Å². The van der Waals surface area contributed by atoms with Crippen molar-refractivity contribution in [2.75, 3.05) is 45.2 Å². The highest BCUT2D eigenvalue weighted by molar-refractivity contribution is 5.93. The summed E-state index contributed by atoms with van der Waals surface area (Å²) in [6.07, 6.45) is 0.754. The predicted molar refractivity (Wildman–Crippen MR) is 145 cm³/mol. The third-order valence-corrected chi connectivity index (χ3v) is 7.02. The van der Waals surface area contributed by atoms with Crippen LogP contribution < -0.4 is 25.6 Å². The van der Waals surface area contributed by atoms with Crippen LogP contribution in [0.3, 0.4) is 0 Å². The third kappa shape index (κ3) is 6.24. The van der Waals surface area contributed by atoms with Gasteiger partial charge in [0.2, 0.25) is 12.3 Å². The van der Waals surface area contributed by atoms with E-state index < -0.39 is 11.6 Å². The van der Waals surface area contributed by atoms with Crippen molar-refractivity contribution in [2.45, 2.75) is 38.3 Å². The lowest BCUT2D eigenvalue weighted by atomic mass is 9.86. The Kier molecular flexibility index (Phi) is 8.90. The Labute approximate surface area is 227 Å². The molecule has 12 heteroatoms. The summed E-state index contributed by atoms with van der Waals surface area (Å²) in [5.41, 5.74) is 2.11. The molecule has 208 valence electrons. The van der Waals surface area contributed by atoms with Gasteiger partial charge in [-0.2, -0.15) is 0 Å². The second kappa shape index (κ2) is 12.3. The SMILES string of the molecule is CNCC(O)COc1cccc(-c2nc(-c3c(C)noc3C)cc(N3CCC(NC)(C(=O)NC=O)CC3)n2)c1. The summed E-state index contributed by atoms with van der Waals surface area (Å²) in [4.78, 5) is 35.3. The Morgan fingerprint density at radius 1 is 1.23 bits per heavy atom. The minimum Gasteiger partial charge on any atom is -0.491 e. The van der Waals surface area contributed by atoms with Gasteiger partial charge in [-0.15, -0.1) is 0 Å². The lowest BCUT2D eigenvalue weighted by molar-refractivity contribution is -0.131. The van der Waals surface area contributed by atoms with Crippen LogP contribution in [0.2, 0.25) is 0 Å². The van der Waals surface area contributed by atoms with Gasteiger partial charge < -0.3 is 29.9 Å². The highest BCUT2D eigenvalue weighted by atomic mass is 16.5. The summed E-state index contributed by atoms with van der Waals surface area (Å²) in [5, 5.41) is 22.4. The number of hydrogen-bond acceptors (Lipinski definition) is 11. The van der Waals surface area contributed by atoms with E-state index in [-0.39, 0.29) is 12.5 Å². The monoisotopic (exact) mass is 537 g/mol. The molecule has 0 radical (unpaired) electrons. The molecule has 12 nitrogen and oxygen atoms in total. The van der Waals surface area contributed by atoms with Gasteiger partial charge in [0.25, 0.3) is 0 Å². The highest BCUT2D eigenvalue weighted by Gasteiger charge is 2.40. The summed E-state index contributed by atoms with van der Waals surface area (Å²) >= 11 is 0. The summed E-state index contributed by atoms with van der Waals surface area (Å²) in [6, 6.07) is 9.32. The molecule has 1 aromatic carbocycles. The molecular formula is C27H35N7O5. The molecule has 0 saturated carbocycles. The Hall–Kier alpha value is -3.87. The van der Waals surface area contributed by atoms with Crippen molar-refractivity contribution in [3.8, 4) is 28.4 Å². The van der Waals surface area contributed by atoms with Crippen molar-refractivity contribution in [3.63, 3.8) is 0 Å². The maximum Gasteiger partial charge on any atom is 0.246 e. The number of amides is 2. The van der Waals surface area contributed by atoms with Crippen LogP contribution in [-0.4, -0.2) is 84.5 Å². The van der Waals surface area contributed by atoms with Gasteiger partial charge >= 0.3 is 0 Å². The largest absolute Gasteiger partial charge is 0.491 e. The van der Waals surface area contributed by atoms with Gasteiger partial charge in [0.15, 0.2) is 5.82 Å². The Morgan fingerprint density at radius 2 is 2.00 bits per heavy atom. The number of ether oxygens (including phenoxy) is 1. The molecule has 1 saturated heterocycles. The molecule has 1 aliphatic rings. The number of anilines is 1. The first-order valence-electron chi connectivity index (χ1n) is 12.9. The Balaban J connectivity index is 1.67. The van der Waals surface area contributed by atoms with Crippen LogP contribution in [-0.2, 0) is 9.59 Å². The van der Waals surface area contributed by atoms with Crippen molar-refractivity contribution < 1.29 is 24.0 Å². The zero-order chi connectivity index (χ0) is 28.0. The second-order valence-corrected chi connectivity index (χ2v) is 9.59. The van der Waals surface area contributed by atoms with Crippen LogP contribution in [0.1, 0.15) is 24.3 Å². The van der Waals surface area contributed by atoms with Crippen LogP contribution in [0.4, 0.5) is 5.82 Å². The number of rotatable bonds is 11. The van der Waals surface area contributed by atoms with E-state index in [0.29, 0.717) is 67.7 Å². The van der Waals surface area contributed by atoms with Gasteiger partial charge in [0.05, 0.1) is 17.0 Å². The zero-order valence-corrected chi connectivity index (χ0v) is 22.7. The van der Waals surface area contributed by atoms with Gasteiger partial charge in [-0.25, -0.2) is 9.97 Å². The van der Waals surface area contributed by atoms with Crippen LogP contribution in [0.5, 0.6) is 5.75 Å². The number of aliphatic hydroxyl groups excluding tert-OH is 1. The molecule has 0 bridgehead atoms. The van der Waals surface area contributed by atoms with E-state index in [1.54, 1.807) is 14.1 Å². The van der Waals surface area contributed by atoms with Crippen molar-refractivity contribution in [2.24, 2.45) is 0 Å². The second-order valence-electron chi connectivity index (χ2n) is 9.59. The number of aliphatic hydroxyl groups is 1. The van der Waals surface area contributed by atoms with Crippen molar-refractivity contribution in [1.82, 2.24) is 31.1 Å². The maximum atomic E-state index is 12.6. The average Bonchev–Trinajstić information content (AvgIpc) is 3.29. The minimum atomic E-state index is -0.832. The van der Waals surface area contributed by atoms with E-state index >= 15 is 0 Å². The number of aryl methyl sites for hydroxylation is 2. The average molecular weight is 538 g/mol. The number of piperidine rings is 1. The van der Waals surface area contributed by atoms with Crippen molar-refractivity contribution in [3.05, 3.63) is 41.8 Å². The molecule has 4 rings (SSSR count). The topological polar surface area (TPSA) is 155 Å². The van der Waals surface area contributed by atoms with Crippen molar-refractivity contribution >= 4 is 18.1 Å². The van der Waals surface area contributed by atoms with Crippen molar-refractivity contribution in [1.29, 1.82) is 0 Å². The van der Waals surface area contributed by atoms with E-state index in [4.69, 9.17) is 19.2 Å². The normalized spacial score (nSPS) is 15.6. The van der Waals surface area contributed by atoms with Gasteiger partial charge in [-0.1, -0.05) is 17.3 Å². The number of carbonyl (C=O) groups is 2. The smallest absolute Gasteiger partial charge is 0.246 e. The molecule has 0 aliphatic carbocycles. The van der Waals surface area contributed by atoms with Gasteiger partial charge in [-0.3, -0.25) is 14.9 Å². The van der Waals surface area contributed by atoms with E-state index in [1.165, 1.54) is 0 Å². The third-order valence-electron chi connectivity index (χ3n) is 7.02. The van der Waals surface area contributed by atoms with Crippen LogP contribution in [0.15, 0.2) is 34.9 Å². The number of hydrogen-bond donors (Lipinski definition) is 4. The number of carbonyl (C=O) groups excluding carboxylic acids is 2. The number of aromatic nitrogens is 3. The van der Waals surface area contributed by atoms with E-state index in [9.17, 15) is 14.7 Å². The maximum absolute atomic E-state index is 12.6. The van der Waals surface area contributed by atoms with Gasteiger partial charge in [0.1, 0.15) is 35.6 Å². The number of nitrogens with one attached hydrogen (secondary N) is 3. The molecule has 2 amide bonds. The van der Waals surface area contributed by atoms with Gasteiger partial charge in [-0.05, 0) is 52.9 Å². The summed E-state index contributed by atoms with van der Waals surface area (Å²) < 4.78 is 11.2. The Bertz CT molecular complexity index is 1280. The minimum absolute atomic E-state index is 0.147. The molecule has 3 heterocycles. The molecular weight excluding hydrogens is 502 g/mol. The van der Waals surface area contributed by atoms with E-state index in [0.717, 1.165) is 16.8 Å². The summed E-state index contributed by atoms with van der Waals surface area (Å²) in [5.74, 6) is 2.10. The standard InChI is InChI=1S/C27H35N7O5/c1-17-24(18(2)39-33-17)22-13-23(34-10-8-27(29-4,9-11-34)26(37)30-16-35)32-25(31-22)19-6-5-7-21(12-19)38-15-20(36)14-28-3/h5-7,12-13,16,20,28-29,36H,8-11,14-15H2,1-4H3,(H,30,35,37). The quantitative estimate of drug-likeness (QED) is 0.261. The summed E-state index contributed by atoms with van der Waals surface area (Å²) in [6.45, 7) is 5.36. The zero-order valence-electron chi connectivity index (χ0n) is 22.7. The lowest BCUT2D eigenvalue weighted by Gasteiger charge is -2.40. The molecule has 1 atom stereocenters. The molecule has 1 unspecified atom stereocenters. The number of nitrogens with zero attached hydrogens (tertiary/aromatic N) is 4. The van der Waals surface area contributed by atoms with Crippen LogP contribution >= 0.6 is 0 Å². The van der Waals surface area contributed by atoms with E-state index in [1.807, 2.05) is 44.2 Å². The Morgan fingerprint density at radius 3 is 2.64 bits per heavy atom. The van der Waals surface area contributed by atoms with Crippen LogP contribution in [0, 0.1) is 13.8 Å². The number of imide groups is 1. The first-order chi connectivity index (χ1) is 18.8. The van der Waals surface area contributed by atoms with E-state index in [2.05, 4.69) is 26.0 Å². The molecule has 3 aromatic rings. The molecule has 0 spiro atoms. The number of benzene rings is 1. The highest BCUT2D eigenvalue weighted by Crippen LogP contribution is 2.33. The molecule has 1 aliphatic heterocycles.